The predicted octanol–water partition coefficient (Wildman–Crippen LogP) is 3.72. The molecule has 1 unspecified atom stereocenters. The summed E-state index contributed by atoms with van der Waals surface area (Å²) in [4.78, 5) is 11.4. The second-order valence-electron chi connectivity index (χ2n) is 5.33. The molecule has 1 fully saturated rings. The van der Waals surface area contributed by atoms with E-state index in [1.807, 2.05) is 18.2 Å². The zero-order valence-electron chi connectivity index (χ0n) is 11.7. The van der Waals surface area contributed by atoms with Crippen LogP contribution in [0.25, 0.3) is 0 Å². The molecule has 4 heteroatoms. The molecule has 106 valence electrons. The third-order valence-corrected chi connectivity index (χ3v) is 5.36. The van der Waals surface area contributed by atoms with Gasteiger partial charge in [0.2, 0.25) is 0 Å². The fraction of sp³-hybridized carbons (Fsp3) is 0.500. The van der Waals surface area contributed by atoms with Crippen molar-refractivity contribution in [3.63, 3.8) is 0 Å². The van der Waals surface area contributed by atoms with Crippen LogP contribution in [0, 0.1) is 16.7 Å². The van der Waals surface area contributed by atoms with Crippen molar-refractivity contribution in [3.05, 3.63) is 35.9 Å². The summed E-state index contributed by atoms with van der Waals surface area (Å²) in [6.45, 7) is 0. The van der Waals surface area contributed by atoms with Crippen LogP contribution in [0.2, 0.25) is 0 Å². The lowest BCUT2D eigenvalue weighted by atomic mass is 10.1. The first-order valence-electron chi connectivity index (χ1n) is 6.79. The first-order chi connectivity index (χ1) is 9.69. The summed E-state index contributed by atoms with van der Waals surface area (Å²) < 4.78 is 4.76. The van der Waals surface area contributed by atoms with Gasteiger partial charge in [0.25, 0.3) is 0 Å². The standard InChI is InChI=1S/C16H19NO2S/c1-19-15(18)11-16(8-9-16)12-20-14(7-10-17)13-5-3-2-4-6-13/h2-6,14H,7-9,11-12H2,1H3. The molecule has 2 rings (SSSR count). The third-order valence-electron chi connectivity index (χ3n) is 3.74. The maximum absolute atomic E-state index is 11.4. The Labute approximate surface area is 124 Å². The van der Waals surface area contributed by atoms with Crippen LogP contribution in [-0.4, -0.2) is 18.8 Å². The SMILES string of the molecule is COC(=O)CC1(CSC(CC#N)c2ccccc2)CC1. The lowest BCUT2D eigenvalue weighted by molar-refractivity contribution is -0.141. The first kappa shape index (κ1) is 14.9. The van der Waals surface area contributed by atoms with Gasteiger partial charge in [0.1, 0.15) is 0 Å². The van der Waals surface area contributed by atoms with Gasteiger partial charge in [0, 0.05) is 11.0 Å². The van der Waals surface area contributed by atoms with Gasteiger partial charge in [0.15, 0.2) is 0 Å². The number of ether oxygens (including phenoxy) is 1. The summed E-state index contributed by atoms with van der Waals surface area (Å²) in [7, 11) is 1.44. The number of methoxy groups -OCH3 is 1. The van der Waals surface area contributed by atoms with Crippen LogP contribution in [0.3, 0.4) is 0 Å². The van der Waals surface area contributed by atoms with Crippen molar-refractivity contribution in [2.24, 2.45) is 5.41 Å². The molecule has 0 aliphatic heterocycles. The number of nitriles is 1. The van der Waals surface area contributed by atoms with E-state index in [1.54, 1.807) is 11.8 Å². The molecule has 1 saturated carbocycles. The molecule has 1 aliphatic rings. The van der Waals surface area contributed by atoms with E-state index < -0.39 is 0 Å². The largest absolute Gasteiger partial charge is 0.469 e. The van der Waals surface area contributed by atoms with Crippen molar-refractivity contribution in [2.45, 2.75) is 30.9 Å². The Balaban J connectivity index is 1.93. The number of carbonyl (C=O) groups is 1. The number of thioether (sulfide) groups is 1. The average molecular weight is 289 g/mol. The van der Waals surface area contributed by atoms with E-state index in [-0.39, 0.29) is 16.6 Å². The second kappa shape index (κ2) is 6.81. The normalized spacial score (nSPS) is 17.0. The van der Waals surface area contributed by atoms with E-state index in [0.29, 0.717) is 12.8 Å². The van der Waals surface area contributed by atoms with E-state index >= 15 is 0 Å². The number of esters is 1. The summed E-state index contributed by atoms with van der Waals surface area (Å²) >= 11 is 1.79. The van der Waals surface area contributed by atoms with E-state index in [0.717, 1.165) is 18.6 Å². The number of hydrogen-bond acceptors (Lipinski definition) is 4. The monoisotopic (exact) mass is 289 g/mol. The van der Waals surface area contributed by atoms with Crippen molar-refractivity contribution in [1.29, 1.82) is 5.26 Å². The zero-order valence-corrected chi connectivity index (χ0v) is 12.5. The molecule has 1 atom stereocenters. The van der Waals surface area contributed by atoms with E-state index in [9.17, 15) is 4.79 Å². The van der Waals surface area contributed by atoms with Crippen LogP contribution in [0.5, 0.6) is 0 Å². The molecule has 0 N–H and O–H groups in total. The van der Waals surface area contributed by atoms with Gasteiger partial charge in [-0.25, -0.2) is 0 Å². The van der Waals surface area contributed by atoms with E-state index in [4.69, 9.17) is 10.00 Å². The molecule has 0 spiro atoms. The number of benzene rings is 1. The molecule has 1 aliphatic carbocycles. The van der Waals surface area contributed by atoms with Crippen molar-refractivity contribution >= 4 is 17.7 Å². The number of hydrogen-bond donors (Lipinski definition) is 0. The highest BCUT2D eigenvalue weighted by Crippen LogP contribution is 2.53. The maximum Gasteiger partial charge on any atom is 0.306 e. The minimum absolute atomic E-state index is 0.111. The van der Waals surface area contributed by atoms with Gasteiger partial charge in [-0.05, 0) is 23.8 Å². The number of rotatable bonds is 7. The van der Waals surface area contributed by atoms with Crippen molar-refractivity contribution < 1.29 is 9.53 Å². The van der Waals surface area contributed by atoms with Crippen LogP contribution in [0.4, 0.5) is 0 Å². The van der Waals surface area contributed by atoms with Gasteiger partial charge < -0.3 is 4.74 Å². The smallest absolute Gasteiger partial charge is 0.306 e. The molecule has 0 amide bonds. The third kappa shape index (κ3) is 4.01. The van der Waals surface area contributed by atoms with Crippen molar-refractivity contribution in [1.82, 2.24) is 0 Å². The van der Waals surface area contributed by atoms with Crippen molar-refractivity contribution in [3.8, 4) is 6.07 Å². The average Bonchev–Trinajstić information content (AvgIpc) is 3.24. The van der Waals surface area contributed by atoms with Gasteiger partial charge in [-0.15, -0.1) is 0 Å². The molecule has 0 heterocycles. The van der Waals surface area contributed by atoms with Crippen LogP contribution in [-0.2, 0) is 9.53 Å². The Morgan fingerprint density at radius 1 is 1.45 bits per heavy atom. The first-order valence-corrected chi connectivity index (χ1v) is 7.84. The summed E-state index contributed by atoms with van der Waals surface area (Å²) in [6, 6.07) is 12.4. The molecule has 3 nitrogen and oxygen atoms in total. The molecule has 1 aromatic rings. The highest BCUT2D eigenvalue weighted by atomic mass is 32.2. The molecule has 0 aromatic heterocycles. The maximum atomic E-state index is 11.4. The molecule has 0 bridgehead atoms. The fourth-order valence-electron chi connectivity index (χ4n) is 2.23. The summed E-state index contributed by atoms with van der Waals surface area (Å²) in [5, 5.41) is 9.18. The van der Waals surface area contributed by atoms with Crippen LogP contribution in [0.15, 0.2) is 30.3 Å². The summed E-state index contributed by atoms with van der Waals surface area (Å²) in [5.41, 5.74) is 1.30. The number of nitrogens with zero attached hydrogens (tertiary/aromatic N) is 1. The Hall–Kier alpha value is -1.47. The van der Waals surface area contributed by atoms with Gasteiger partial charge in [0.05, 0.1) is 26.0 Å². The van der Waals surface area contributed by atoms with Crippen LogP contribution >= 0.6 is 11.8 Å². The number of carbonyl (C=O) groups excluding carboxylic acids is 1. The van der Waals surface area contributed by atoms with E-state index in [1.165, 1.54) is 12.7 Å². The molecule has 0 saturated heterocycles. The Bertz CT molecular complexity index is 491. The lowest BCUT2D eigenvalue weighted by Gasteiger charge is -2.18. The topological polar surface area (TPSA) is 50.1 Å². The quantitative estimate of drug-likeness (QED) is 0.718. The van der Waals surface area contributed by atoms with Gasteiger partial charge in [-0.2, -0.15) is 17.0 Å². The van der Waals surface area contributed by atoms with E-state index in [2.05, 4.69) is 18.2 Å². The molecular formula is C16H19NO2S. The summed E-state index contributed by atoms with van der Waals surface area (Å²) in [6.07, 6.45) is 3.18. The highest BCUT2D eigenvalue weighted by Gasteiger charge is 2.44. The Morgan fingerprint density at radius 2 is 2.15 bits per heavy atom. The highest BCUT2D eigenvalue weighted by molar-refractivity contribution is 7.99. The van der Waals surface area contributed by atoms with Crippen LogP contribution < -0.4 is 0 Å². The molecule has 0 radical (unpaired) electrons. The van der Waals surface area contributed by atoms with Gasteiger partial charge in [-0.1, -0.05) is 30.3 Å². The molecular weight excluding hydrogens is 270 g/mol. The summed E-state index contributed by atoms with van der Waals surface area (Å²) in [5.74, 6) is 0.795. The Kier molecular flexibility index (Phi) is 5.08. The van der Waals surface area contributed by atoms with Gasteiger partial charge in [-0.3, -0.25) is 4.79 Å². The predicted molar refractivity (Wildman–Crippen MR) is 80.2 cm³/mol. The zero-order chi connectivity index (χ0) is 14.4. The fourth-order valence-corrected chi connectivity index (χ4v) is 3.72. The minimum Gasteiger partial charge on any atom is -0.469 e. The second-order valence-corrected chi connectivity index (χ2v) is 6.52. The molecule has 1 aromatic carbocycles. The molecule has 20 heavy (non-hydrogen) atoms. The van der Waals surface area contributed by atoms with Crippen molar-refractivity contribution in [2.75, 3.05) is 12.9 Å². The Morgan fingerprint density at radius 3 is 2.70 bits per heavy atom. The lowest BCUT2D eigenvalue weighted by Crippen LogP contribution is -2.14. The van der Waals surface area contributed by atoms with Crippen LogP contribution in [0.1, 0.15) is 36.5 Å². The minimum atomic E-state index is -0.125. The van der Waals surface area contributed by atoms with Gasteiger partial charge >= 0.3 is 5.97 Å².